The number of nitrogens with zero attached hydrogens (tertiary/aromatic N) is 1. The SMILES string of the molecule is O=C(/C=C/c1coc2ccccc2c1=O)Nc1nc(-c2ccc(Br)cc2)cs1. The molecule has 0 aliphatic carbocycles. The Balaban J connectivity index is 1.48. The van der Waals surface area contributed by atoms with E-state index in [0.29, 0.717) is 21.7 Å². The van der Waals surface area contributed by atoms with Crippen LogP contribution >= 0.6 is 27.3 Å². The van der Waals surface area contributed by atoms with Gasteiger partial charge in [0.15, 0.2) is 10.6 Å². The number of fused-ring (bicyclic) bond motifs is 1. The van der Waals surface area contributed by atoms with Crippen LogP contribution in [0.25, 0.3) is 28.3 Å². The highest BCUT2D eigenvalue weighted by Crippen LogP contribution is 2.26. The van der Waals surface area contributed by atoms with Crippen molar-refractivity contribution in [3.05, 3.63) is 86.5 Å². The Labute approximate surface area is 172 Å². The van der Waals surface area contributed by atoms with Gasteiger partial charge in [-0.05, 0) is 30.3 Å². The van der Waals surface area contributed by atoms with E-state index in [1.165, 1.54) is 29.8 Å². The third-order valence-corrected chi connectivity index (χ3v) is 5.28. The summed E-state index contributed by atoms with van der Waals surface area (Å²) in [5.74, 6) is -0.371. The van der Waals surface area contributed by atoms with Gasteiger partial charge in [0.1, 0.15) is 11.8 Å². The lowest BCUT2D eigenvalue weighted by Crippen LogP contribution is -2.09. The summed E-state index contributed by atoms with van der Waals surface area (Å²) in [6.45, 7) is 0. The number of carbonyl (C=O) groups excluding carboxylic acids is 1. The van der Waals surface area contributed by atoms with Crippen molar-refractivity contribution in [2.24, 2.45) is 0 Å². The van der Waals surface area contributed by atoms with Crippen molar-refractivity contribution in [3.63, 3.8) is 0 Å². The Morgan fingerprint density at radius 2 is 1.93 bits per heavy atom. The van der Waals surface area contributed by atoms with E-state index < -0.39 is 0 Å². The second-order valence-electron chi connectivity index (χ2n) is 5.88. The maximum absolute atomic E-state index is 12.4. The molecule has 1 amide bonds. The molecule has 0 aliphatic heterocycles. The lowest BCUT2D eigenvalue weighted by atomic mass is 10.1. The van der Waals surface area contributed by atoms with Crippen LogP contribution in [0.15, 0.2) is 79.9 Å². The molecule has 4 rings (SSSR count). The minimum absolute atomic E-state index is 0.183. The van der Waals surface area contributed by atoms with Gasteiger partial charge in [-0.15, -0.1) is 11.3 Å². The highest BCUT2D eigenvalue weighted by Gasteiger charge is 2.08. The molecule has 0 saturated heterocycles. The van der Waals surface area contributed by atoms with Crippen LogP contribution in [-0.4, -0.2) is 10.9 Å². The van der Waals surface area contributed by atoms with E-state index in [2.05, 4.69) is 26.2 Å². The lowest BCUT2D eigenvalue weighted by Gasteiger charge is -1.99. The van der Waals surface area contributed by atoms with Crippen molar-refractivity contribution >= 4 is 55.4 Å². The smallest absolute Gasteiger partial charge is 0.250 e. The summed E-state index contributed by atoms with van der Waals surface area (Å²) >= 11 is 4.73. The maximum Gasteiger partial charge on any atom is 0.250 e. The predicted octanol–water partition coefficient (Wildman–Crippen LogP) is 5.33. The van der Waals surface area contributed by atoms with Gasteiger partial charge in [-0.25, -0.2) is 4.98 Å². The molecule has 0 atom stereocenters. The molecule has 5 nitrogen and oxygen atoms in total. The molecule has 2 aromatic heterocycles. The standard InChI is InChI=1S/C21H13BrN2O3S/c22-15-8-5-13(6-9-15)17-12-28-21(23-17)24-19(25)10-7-14-11-27-18-4-2-1-3-16(18)20(14)26/h1-12H,(H,23,24,25)/b10-7+. The first-order valence-corrected chi connectivity index (χ1v) is 9.98. The number of carbonyl (C=O) groups is 1. The Morgan fingerprint density at radius 1 is 1.14 bits per heavy atom. The van der Waals surface area contributed by atoms with Gasteiger partial charge in [-0.2, -0.15) is 0 Å². The molecule has 28 heavy (non-hydrogen) atoms. The normalized spacial score (nSPS) is 11.2. The molecule has 0 bridgehead atoms. The third-order valence-electron chi connectivity index (χ3n) is 4.00. The molecule has 0 aliphatic rings. The van der Waals surface area contributed by atoms with E-state index in [4.69, 9.17) is 4.42 Å². The van der Waals surface area contributed by atoms with E-state index >= 15 is 0 Å². The molecular weight excluding hydrogens is 440 g/mol. The molecule has 0 radical (unpaired) electrons. The summed E-state index contributed by atoms with van der Waals surface area (Å²) in [4.78, 5) is 29.0. The zero-order valence-electron chi connectivity index (χ0n) is 14.4. The summed E-state index contributed by atoms with van der Waals surface area (Å²) in [5, 5.41) is 5.55. The van der Waals surface area contributed by atoms with Gasteiger partial charge in [0.05, 0.1) is 16.6 Å². The van der Waals surface area contributed by atoms with Crippen molar-refractivity contribution in [2.45, 2.75) is 0 Å². The van der Waals surface area contributed by atoms with Crippen molar-refractivity contribution in [1.29, 1.82) is 0 Å². The van der Waals surface area contributed by atoms with E-state index in [9.17, 15) is 9.59 Å². The summed E-state index contributed by atoms with van der Waals surface area (Å²) < 4.78 is 6.43. The highest BCUT2D eigenvalue weighted by atomic mass is 79.9. The predicted molar refractivity (Wildman–Crippen MR) is 115 cm³/mol. The van der Waals surface area contributed by atoms with Gasteiger partial charge in [-0.3, -0.25) is 14.9 Å². The number of anilines is 1. The summed E-state index contributed by atoms with van der Waals surface area (Å²) in [5.41, 5.74) is 2.38. The molecule has 1 N–H and O–H groups in total. The Kier molecular flexibility index (Phi) is 5.18. The number of para-hydroxylation sites is 1. The fourth-order valence-corrected chi connectivity index (χ4v) is 3.59. The zero-order valence-corrected chi connectivity index (χ0v) is 16.8. The average Bonchev–Trinajstić information content (AvgIpc) is 3.16. The van der Waals surface area contributed by atoms with Gasteiger partial charge in [-0.1, -0.05) is 40.2 Å². The molecule has 0 fully saturated rings. The van der Waals surface area contributed by atoms with Crippen LogP contribution in [0.1, 0.15) is 5.56 Å². The number of amides is 1. The zero-order chi connectivity index (χ0) is 19.5. The van der Waals surface area contributed by atoms with Crippen molar-refractivity contribution in [1.82, 2.24) is 4.98 Å². The molecule has 2 heterocycles. The molecule has 4 aromatic rings. The first-order chi connectivity index (χ1) is 13.6. The lowest BCUT2D eigenvalue weighted by molar-refractivity contribution is -0.111. The molecule has 138 valence electrons. The van der Waals surface area contributed by atoms with Crippen LogP contribution in [0.3, 0.4) is 0 Å². The number of rotatable bonds is 4. The van der Waals surface area contributed by atoms with E-state index in [1.807, 2.05) is 29.6 Å². The molecule has 0 spiro atoms. The molecular formula is C21H13BrN2O3S. The molecule has 0 saturated carbocycles. The van der Waals surface area contributed by atoms with Gasteiger partial charge in [0.2, 0.25) is 5.91 Å². The van der Waals surface area contributed by atoms with Gasteiger partial charge in [0, 0.05) is 21.5 Å². The first kappa shape index (κ1) is 18.3. The average molecular weight is 453 g/mol. The highest BCUT2D eigenvalue weighted by molar-refractivity contribution is 9.10. The van der Waals surface area contributed by atoms with Gasteiger partial charge >= 0.3 is 0 Å². The van der Waals surface area contributed by atoms with Crippen LogP contribution in [0, 0.1) is 0 Å². The quantitative estimate of drug-likeness (QED) is 0.424. The third kappa shape index (κ3) is 3.95. The fourth-order valence-electron chi connectivity index (χ4n) is 2.60. The Bertz CT molecular complexity index is 1240. The fraction of sp³-hybridized carbons (Fsp3) is 0. The van der Waals surface area contributed by atoms with Crippen LogP contribution in [0.2, 0.25) is 0 Å². The number of hydrogen-bond donors (Lipinski definition) is 1. The van der Waals surface area contributed by atoms with Crippen molar-refractivity contribution in [2.75, 3.05) is 5.32 Å². The molecule has 0 unspecified atom stereocenters. The summed E-state index contributed by atoms with van der Waals surface area (Å²) in [6.07, 6.45) is 4.09. The van der Waals surface area contributed by atoms with Crippen molar-refractivity contribution in [3.8, 4) is 11.3 Å². The minimum Gasteiger partial charge on any atom is -0.463 e. The number of nitrogens with one attached hydrogen (secondary N) is 1. The number of hydrogen-bond acceptors (Lipinski definition) is 5. The summed E-state index contributed by atoms with van der Waals surface area (Å²) in [7, 11) is 0. The summed E-state index contributed by atoms with van der Waals surface area (Å²) in [6, 6.07) is 14.7. The largest absolute Gasteiger partial charge is 0.463 e. The van der Waals surface area contributed by atoms with Crippen LogP contribution in [0.5, 0.6) is 0 Å². The second-order valence-corrected chi connectivity index (χ2v) is 7.66. The van der Waals surface area contributed by atoms with Gasteiger partial charge < -0.3 is 4.42 Å². The Morgan fingerprint density at radius 3 is 2.75 bits per heavy atom. The molecule has 2 aromatic carbocycles. The van der Waals surface area contributed by atoms with Gasteiger partial charge in [0.25, 0.3) is 0 Å². The van der Waals surface area contributed by atoms with E-state index in [1.54, 1.807) is 24.3 Å². The molecule has 7 heteroatoms. The monoisotopic (exact) mass is 452 g/mol. The van der Waals surface area contributed by atoms with E-state index in [0.717, 1.165) is 15.7 Å². The number of halogens is 1. The number of thiazole rings is 1. The Hall–Kier alpha value is -3.03. The minimum atomic E-state index is -0.371. The maximum atomic E-state index is 12.4. The van der Waals surface area contributed by atoms with Crippen LogP contribution in [0.4, 0.5) is 5.13 Å². The topological polar surface area (TPSA) is 72.2 Å². The number of benzene rings is 2. The second kappa shape index (κ2) is 7.92. The first-order valence-electron chi connectivity index (χ1n) is 8.31. The van der Waals surface area contributed by atoms with Crippen LogP contribution in [-0.2, 0) is 4.79 Å². The van der Waals surface area contributed by atoms with Crippen molar-refractivity contribution < 1.29 is 9.21 Å². The number of aromatic nitrogens is 1. The van der Waals surface area contributed by atoms with Crippen LogP contribution < -0.4 is 10.7 Å². The van der Waals surface area contributed by atoms with E-state index in [-0.39, 0.29) is 11.3 Å².